The number of carboxylic acids is 1. The van der Waals surface area contributed by atoms with Crippen molar-refractivity contribution in [1.29, 1.82) is 0 Å². The van der Waals surface area contributed by atoms with Crippen LogP contribution in [0.15, 0.2) is 11.1 Å². The van der Waals surface area contributed by atoms with Crippen LogP contribution in [0.1, 0.15) is 36.0 Å². The predicted molar refractivity (Wildman–Crippen MR) is 71.2 cm³/mol. The van der Waals surface area contributed by atoms with Crippen molar-refractivity contribution in [3.8, 4) is 0 Å². The van der Waals surface area contributed by atoms with E-state index in [0.717, 1.165) is 6.54 Å². The molecule has 1 aliphatic rings. The Bertz CT molecular complexity index is 433. The molecule has 98 valence electrons. The predicted octanol–water partition coefficient (Wildman–Crippen LogP) is 2.50. The summed E-state index contributed by atoms with van der Waals surface area (Å²) in [6.07, 6.45) is 6.87. The largest absolute Gasteiger partial charge is 0.478 e. The number of anilines is 1. The lowest BCUT2D eigenvalue weighted by Gasteiger charge is -2.11. The summed E-state index contributed by atoms with van der Waals surface area (Å²) in [6, 6.07) is 1.57. The summed E-state index contributed by atoms with van der Waals surface area (Å²) in [5.41, 5.74) is 0.214. The van der Waals surface area contributed by atoms with Gasteiger partial charge in [0.25, 0.3) is 0 Å². The molecule has 5 nitrogen and oxygen atoms in total. The highest BCUT2D eigenvalue weighted by Crippen LogP contribution is 2.25. The minimum atomic E-state index is -0.960. The van der Waals surface area contributed by atoms with E-state index >= 15 is 0 Å². The molecule has 0 unspecified atom stereocenters. The molecule has 6 heteroatoms. The van der Waals surface area contributed by atoms with E-state index in [2.05, 4.69) is 15.5 Å². The molecule has 0 radical (unpaired) electrons. The smallest absolute Gasteiger partial charge is 0.338 e. The van der Waals surface area contributed by atoms with Crippen molar-refractivity contribution in [3.05, 3.63) is 11.6 Å². The molecule has 1 aromatic rings. The number of nitrogens with one attached hydrogen (secondary N) is 1. The molecule has 0 aliphatic heterocycles. The molecule has 1 aliphatic carbocycles. The first-order valence-corrected chi connectivity index (χ1v) is 7.32. The van der Waals surface area contributed by atoms with Crippen LogP contribution in [0.25, 0.3) is 0 Å². The van der Waals surface area contributed by atoms with Crippen molar-refractivity contribution in [2.45, 2.75) is 30.7 Å². The fourth-order valence-electron chi connectivity index (χ4n) is 2.23. The molecule has 0 bridgehead atoms. The summed E-state index contributed by atoms with van der Waals surface area (Å²) in [5.74, 6) is 0.274. The fourth-order valence-corrected chi connectivity index (χ4v) is 2.72. The van der Waals surface area contributed by atoms with Crippen LogP contribution in [0.4, 0.5) is 5.82 Å². The molecule has 1 saturated carbocycles. The van der Waals surface area contributed by atoms with Gasteiger partial charge < -0.3 is 10.4 Å². The molecule has 1 fully saturated rings. The Hall–Kier alpha value is -1.30. The lowest BCUT2D eigenvalue weighted by Crippen LogP contribution is -2.13. The average molecular weight is 267 g/mol. The number of hydrogen-bond acceptors (Lipinski definition) is 5. The van der Waals surface area contributed by atoms with E-state index in [1.807, 2.05) is 0 Å². The quantitative estimate of drug-likeness (QED) is 0.798. The highest BCUT2D eigenvalue weighted by atomic mass is 32.2. The van der Waals surface area contributed by atoms with Gasteiger partial charge in [-0.2, -0.15) is 0 Å². The highest BCUT2D eigenvalue weighted by molar-refractivity contribution is 7.98. The number of hydrogen-bond donors (Lipinski definition) is 2. The maximum Gasteiger partial charge on any atom is 0.338 e. The maximum atomic E-state index is 11.1. The van der Waals surface area contributed by atoms with Crippen LogP contribution >= 0.6 is 11.8 Å². The first-order valence-electron chi connectivity index (χ1n) is 6.09. The standard InChI is InChI=1S/C12H17N3O2S/c1-18-11-9(12(16)17)6-10(14-15-11)13-7-8-4-2-3-5-8/h6,8H,2-5,7H2,1H3,(H,13,14)(H,16,17). The third kappa shape index (κ3) is 3.13. The van der Waals surface area contributed by atoms with Crippen LogP contribution in [0.2, 0.25) is 0 Å². The SMILES string of the molecule is CSc1nnc(NCC2CCCC2)cc1C(=O)O. The number of nitrogens with zero attached hydrogens (tertiary/aromatic N) is 2. The molecular formula is C12H17N3O2S. The van der Waals surface area contributed by atoms with Crippen LogP contribution in [-0.2, 0) is 0 Å². The Balaban J connectivity index is 2.04. The van der Waals surface area contributed by atoms with Gasteiger partial charge in [0.2, 0.25) is 0 Å². The molecule has 1 heterocycles. The first kappa shape index (κ1) is 13.1. The summed E-state index contributed by atoms with van der Waals surface area (Å²) in [5, 5.41) is 20.7. The van der Waals surface area contributed by atoms with Crippen molar-refractivity contribution >= 4 is 23.5 Å². The minimum absolute atomic E-state index is 0.214. The van der Waals surface area contributed by atoms with Gasteiger partial charge in [-0.15, -0.1) is 22.0 Å². The summed E-state index contributed by atoms with van der Waals surface area (Å²) in [4.78, 5) is 11.1. The zero-order chi connectivity index (χ0) is 13.0. The monoisotopic (exact) mass is 267 g/mol. The van der Waals surface area contributed by atoms with Gasteiger partial charge in [-0.05, 0) is 31.1 Å². The number of aromatic nitrogens is 2. The third-order valence-electron chi connectivity index (χ3n) is 3.23. The Morgan fingerprint density at radius 3 is 2.83 bits per heavy atom. The van der Waals surface area contributed by atoms with E-state index in [4.69, 9.17) is 5.11 Å². The first-order chi connectivity index (χ1) is 8.70. The van der Waals surface area contributed by atoms with E-state index in [0.29, 0.717) is 16.8 Å². The Morgan fingerprint density at radius 1 is 1.50 bits per heavy atom. The van der Waals surface area contributed by atoms with E-state index in [1.54, 1.807) is 12.3 Å². The average Bonchev–Trinajstić information content (AvgIpc) is 2.89. The number of carbonyl (C=O) groups is 1. The van der Waals surface area contributed by atoms with Crippen LogP contribution in [0.5, 0.6) is 0 Å². The second kappa shape index (κ2) is 6.04. The van der Waals surface area contributed by atoms with Gasteiger partial charge in [-0.25, -0.2) is 4.79 Å². The topological polar surface area (TPSA) is 75.1 Å². The van der Waals surface area contributed by atoms with E-state index in [1.165, 1.54) is 37.4 Å². The van der Waals surface area contributed by atoms with Gasteiger partial charge in [0, 0.05) is 6.54 Å². The molecule has 1 aromatic heterocycles. The van der Waals surface area contributed by atoms with Gasteiger partial charge in [0.05, 0.1) is 5.56 Å². The molecule has 2 N–H and O–H groups in total. The van der Waals surface area contributed by atoms with Crippen LogP contribution in [-0.4, -0.2) is 34.1 Å². The van der Waals surface area contributed by atoms with E-state index in [-0.39, 0.29) is 5.56 Å². The van der Waals surface area contributed by atoms with Gasteiger partial charge in [-0.3, -0.25) is 0 Å². The molecule has 0 saturated heterocycles. The second-order valence-corrected chi connectivity index (χ2v) is 5.28. The minimum Gasteiger partial charge on any atom is -0.478 e. The highest BCUT2D eigenvalue weighted by Gasteiger charge is 2.16. The van der Waals surface area contributed by atoms with Gasteiger partial charge in [-0.1, -0.05) is 12.8 Å². The lowest BCUT2D eigenvalue weighted by molar-refractivity contribution is 0.0692. The zero-order valence-corrected chi connectivity index (χ0v) is 11.2. The number of carboxylic acid groups (broad SMARTS) is 1. The molecule has 0 atom stereocenters. The Labute approximate surface area is 110 Å². The van der Waals surface area contributed by atoms with Crippen molar-refractivity contribution in [2.75, 3.05) is 18.1 Å². The van der Waals surface area contributed by atoms with Crippen molar-refractivity contribution in [3.63, 3.8) is 0 Å². The lowest BCUT2D eigenvalue weighted by atomic mass is 10.1. The van der Waals surface area contributed by atoms with Crippen LogP contribution in [0, 0.1) is 5.92 Å². The van der Waals surface area contributed by atoms with Crippen LogP contribution in [0.3, 0.4) is 0 Å². The molecule has 2 rings (SSSR count). The molecule has 18 heavy (non-hydrogen) atoms. The summed E-state index contributed by atoms with van der Waals surface area (Å²) in [7, 11) is 0. The summed E-state index contributed by atoms with van der Waals surface area (Å²) in [6.45, 7) is 0.854. The van der Waals surface area contributed by atoms with Gasteiger partial charge in [0.1, 0.15) is 10.8 Å². The third-order valence-corrected chi connectivity index (χ3v) is 3.92. The van der Waals surface area contributed by atoms with Crippen molar-refractivity contribution < 1.29 is 9.90 Å². The number of aromatic carboxylic acids is 1. The number of thioether (sulfide) groups is 1. The molecule has 0 aromatic carbocycles. The molecule has 0 amide bonds. The van der Waals surface area contributed by atoms with Crippen molar-refractivity contribution in [2.24, 2.45) is 5.92 Å². The second-order valence-electron chi connectivity index (χ2n) is 4.49. The fraction of sp³-hybridized carbons (Fsp3) is 0.583. The normalized spacial score (nSPS) is 15.8. The van der Waals surface area contributed by atoms with Crippen molar-refractivity contribution in [1.82, 2.24) is 10.2 Å². The van der Waals surface area contributed by atoms with E-state index < -0.39 is 5.97 Å². The van der Waals surface area contributed by atoms with Gasteiger partial charge in [0.15, 0.2) is 0 Å². The van der Waals surface area contributed by atoms with Gasteiger partial charge >= 0.3 is 5.97 Å². The number of rotatable bonds is 5. The summed E-state index contributed by atoms with van der Waals surface area (Å²) >= 11 is 1.29. The molecule has 0 spiro atoms. The van der Waals surface area contributed by atoms with E-state index in [9.17, 15) is 4.79 Å². The Morgan fingerprint density at radius 2 is 2.22 bits per heavy atom. The molecular weight excluding hydrogens is 250 g/mol. The zero-order valence-electron chi connectivity index (χ0n) is 10.3. The summed E-state index contributed by atoms with van der Waals surface area (Å²) < 4.78 is 0. The van der Waals surface area contributed by atoms with Crippen LogP contribution < -0.4 is 5.32 Å². The maximum absolute atomic E-state index is 11.1. The Kier molecular flexibility index (Phi) is 4.41.